The van der Waals surface area contributed by atoms with Crippen LogP contribution >= 0.6 is 11.3 Å². The van der Waals surface area contributed by atoms with E-state index in [2.05, 4.69) is 32.9 Å². The van der Waals surface area contributed by atoms with Gasteiger partial charge in [-0.25, -0.2) is 0 Å². The summed E-state index contributed by atoms with van der Waals surface area (Å²) in [4.78, 5) is 18.2. The number of benzene rings is 1. The summed E-state index contributed by atoms with van der Waals surface area (Å²) in [6.07, 6.45) is 9.26. The maximum atomic E-state index is 13.2. The van der Waals surface area contributed by atoms with Gasteiger partial charge >= 0.3 is 227 Å². The second kappa shape index (κ2) is 16.2. The summed E-state index contributed by atoms with van der Waals surface area (Å²) in [6, 6.07) is 10.3. The van der Waals surface area contributed by atoms with Crippen molar-refractivity contribution in [2.24, 2.45) is 0 Å². The van der Waals surface area contributed by atoms with E-state index in [1.165, 1.54) is 60.3 Å². The van der Waals surface area contributed by atoms with E-state index in [1.807, 2.05) is 36.5 Å². The third-order valence-electron chi connectivity index (χ3n) is 7.42. The van der Waals surface area contributed by atoms with Crippen molar-refractivity contribution >= 4 is 38.6 Å². The SMILES string of the molecule is CCC[CH2][Sn]([CH2]CCC)([CH2]CCC)[c]1sc([C@H]2CCC(COCc3ccccc3)O2)nc1C(=O)OCC. The first-order chi connectivity index (χ1) is 18.1. The first-order valence-corrected chi connectivity index (χ1v) is 22.8. The topological polar surface area (TPSA) is 57.7 Å². The Hall–Kier alpha value is -0.961. The first-order valence-electron chi connectivity index (χ1n) is 14.5. The number of esters is 1. The molecule has 2 heterocycles. The van der Waals surface area contributed by atoms with Crippen LogP contribution in [0.5, 0.6) is 0 Å². The standard InChI is InChI=1S/C18H20NO4S.3C4H9.Sn/c1-2-22-18(20)15-12-24-17(19-15)16-9-8-14(23-16)11-21-10-13-6-4-3-5-7-13;3*1-3-4-2;/h3-7,14,16H,2,8-11H2,1H3;3*1,3-4H2,2H3;/t14?,16-;;;;/m1..../s1. The minimum atomic E-state index is -2.87. The van der Waals surface area contributed by atoms with E-state index in [1.54, 1.807) is 0 Å². The van der Waals surface area contributed by atoms with Gasteiger partial charge in [0.05, 0.1) is 0 Å². The Bertz CT molecular complexity index is 913. The molecular weight excluding hydrogens is 589 g/mol. The molecule has 1 aromatic heterocycles. The molecule has 1 unspecified atom stereocenters. The molecule has 0 spiro atoms. The predicted octanol–water partition coefficient (Wildman–Crippen LogP) is 7.81. The zero-order valence-electron chi connectivity index (χ0n) is 23.4. The molecule has 0 aliphatic carbocycles. The molecule has 0 radical (unpaired) electrons. The van der Waals surface area contributed by atoms with Crippen molar-refractivity contribution < 1.29 is 19.0 Å². The fraction of sp³-hybridized carbons (Fsp3) is 0.667. The van der Waals surface area contributed by atoms with Crippen molar-refractivity contribution in [2.45, 2.75) is 111 Å². The zero-order valence-corrected chi connectivity index (χ0v) is 27.1. The summed E-state index contributed by atoms with van der Waals surface area (Å²) in [5, 5.41) is 0.981. The number of hydrogen-bond acceptors (Lipinski definition) is 6. The van der Waals surface area contributed by atoms with Gasteiger partial charge in [0.25, 0.3) is 0 Å². The molecule has 1 saturated heterocycles. The van der Waals surface area contributed by atoms with Crippen LogP contribution in [0.4, 0.5) is 0 Å². The Kier molecular flexibility index (Phi) is 13.4. The van der Waals surface area contributed by atoms with Gasteiger partial charge in [-0.3, -0.25) is 0 Å². The monoisotopic (exact) mass is 637 g/mol. The van der Waals surface area contributed by atoms with Gasteiger partial charge in [0.15, 0.2) is 0 Å². The number of hydrogen-bond donors (Lipinski definition) is 0. The first kappa shape index (κ1) is 30.6. The molecule has 1 aliphatic rings. The van der Waals surface area contributed by atoms with Gasteiger partial charge < -0.3 is 0 Å². The number of ether oxygens (including phenoxy) is 3. The molecule has 7 heteroatoms. The number of rotatable bonds is 17. The Labute approximate surface area is 232 Å². The van der Waals surface area contributed by atoms with Crippen molar-refractivity contribution in [1.82, 2.24) is 4.98 Å². The fourth-order valence-electron chi connectivity index (χ4n) is 5.33. The second-order valence-corrected chi connectivity index (χ2v) is 25.4. The summed E-state index contributed by atoms with van der Waals surface area (Å²) in [5.41, 5.74) is 1.81. The van der Waals surface area contributed by atoms with Gasteiger partial charge in [-0.1, -0.05) is 6.07 Å². The van der Waals surface area contributed by atoms with Crippen LogP contribution < -0.4 is 2.89 Å². The summed E-state index contributed by atoms with van der Waals surface area (Å²) < 4.78 is 23.2. The van der Waals surface area contributed by atoms with Crippen LogP contribution in [0.1, 0.15) is 106 Å². The van der Waals surface area contributed by atoms with E-state index < -0.39 is 18.4 Å². The van der Waals surface area contributed by atoms with Crippen molar-refractivity contribution in [2.75, 3.05) is 13.2 Å². The Morgan fingerprint density at radius 1 is 1.00 bits per heavy atom. The van der Waals surface area contributed by atoms with Crippen LogP contribution in [0.2, 0.25) is 13.3 Å². The summed E-state index contributed by atoms with van der Waals surface area (Å²) in [7, 11) is 0. The molecular formula is C30H47NO4SSn. The molecule has 0 bridgehead atoms. The van der Waals surface area contributed by atoms with E-state index in [0.29, 0.717) is 25.5 Å². The quantitative estimate of drug-likeness (QED) is 0.131. The van der Waals surface area contributed by atoms with Crippen LogP contribution in [0.15, 0.2) is 30.3 Å². The number of carbonyl (C=O) groups excluding carboxylic acids is 1. The fourth-order valence-corrected chi connectivity index (χ4v) is 26.0. The third kappa shape index (κ3) is 8.77. The van der Waals surface area contributed by atoms with Gasteiger partial charge in [0.1, 0.15) is 0 Å². The number of nitrogens with zero attached hydrogens (tertiary/aromatic N) is 1. The van der Waals surface area contributed by atoms with Crippen LogP contribution in [0.3, 0.4) is 0 Å². The molecule has 0 saturated carbocycles. The van der Waals surface area contributed by atoms with E-state index in [-0.39, 0.29) is 18.2 Å². The summed E-state index contributed by atoms with van der Waals surface area (Å²) in [6.45, 7) is 10.3. The minimum absolute atomic E-state index is 0.0511. The Morgan fingerprint density at radius 3 is 2.24 bits per heavy atom. The van der Waals surface area contributed by atoms with Gasteiger partial charge in [-0.15, -0.1) is 0 Å². The van der Waals surface area contributed by atoms with Crippen molar-refractivity contribution in [3.63, 3.8) is 0 Å². The van der Waals surface area contributed by atoms with Crippen molar-refractivity contribution in [3.05, 3.63) is 46.6 Å². The third-order valence-corrected chi connectivity index (χ3v) is 26.8. The molecule has 5 nitrogen and oxygen atoms in total. The van der Waals surface area contributed by atoms with Gasteiger partial charge in [0.2, 0.25) is 0 Å². The maximum absolute atomic E-state index is 13.2. The zero-order chi connectivity index (χ0) is 26.5. The molecule has 1 fully saturated rings. The summed E-state index contributed by atoms with van der Waals surface area (Å²) in [5.74, 6) is -0.230. The average Bonchev–Trinajstić information content (AvgIpc) is 3.57. The molecule has 37 heavy (non-hydrogen) atoms. The van der Waals surface area contributed by atoms with Crippen LogP contribution in [0.25, 0.3) is 0 Å². The van der Waals surface area contributed by atoms with E-state index in [0.717, 1.165) is 17.8 Å². The van der Waals surface area contributed by atoms with E-state index >= 15 is 0 Å². The van der Waals surface area contributed by atoms with Crippen LogP contribution in [-0.2, 0) is 20.8 Å². The van der Waals surface area contributed by atoms with Gasteiger partial charge in [-0.05, 0) is 0 Å². The molecule has 0 amide bonds. The Balaban J connectivity index is 1.81. The number of unbranched alkanes of at least 4 members (excludes halogenated alkanes) is 3. The summed E-state index contributed by atoms with van der Waals surface area (Å²) >= 11 is -1.06. The predicted molar refractivity (Wildman–Crippen MR) is 156 cm³/mol. The average molecular weight is 636 g/mol. The molecule has 1 aliphatic heterocycles. The van der Waals surface area contributed by atoms with Crippen molar-refractivity contribution in [3.8, 4) is 0 Å². The molecule has 2 aromatic rings. The molecule has 1 aromatic carbocycles. The van der Waals surface area contributed by atoms with E-state index in [4.69, 9.17) is 19.2 Å². The molecule has 3 rings (SSSR count). The van der Waals surface area contributed by atoms with E-state index in [9.17, 15) is 4.79 Å². The van der Waals surface area contributed by atoms with Gasteiger partial charge in [0, 0.05) is 0 Å². The molecule has 206 valence electrons. The number of aromatic nitrogens is 1. The number of thiazole rings is 1. The second-order valence-electron chi connectivity index (χ2n) is 10.4. The van der Waals surface area contributed by atoms with Crippen LogP contribution in [-0.4, -0.2) is 48.6 Å². The Morgan fingerprint density at radius 2 is 1.65 bits per heavy atom. The van der Waals surface area contributed by atoms with Gasteiger partial charge in [-0.2, -0.15) is 0 Å². The van der Waals surface area contributed by atoms with Crippen molar-refractivity contribution in [1.29, 1.82) is 0 Å². The number of carbonyl (C=O) groups is 1. The normalized spacial score (nSPS) is 17.8. The molecule has 0 N–H and O–H groups in total. The molecule has 2 atom stereocenters. The van der Waals surface area contributed by atoms with Crippen LogP contribution in [0, 0.1) is 0 Å².